The quantitative estimate of drug-likeness (QED) is 0.0592. The molecule has 2 rings (SSSR count). The van der Waals surface area contributed by atoms with Crippen molar-refractivity contribution >= 4 is 27.6 Å². The molecule has 12 nitrogen and oxygen atoms in total. The van der Waals surface area contributed by atoms with E-state index in [0.717, 1.165) is 24.0 Å². The standard InChI is InChI=1S/C21H35O6P.C17H27O6P/c1-6-25-28(23,26-7-2)27-15-9-8-14-24-21(22)18(5)20-12-10-19(11-13-20)16-17(3)4;1-13(2)12-15-6-8-16(9-7-15)14(3)17(18)22-10-4-5-11-23-24(19,20)21/h10-13,17-18H,6-9,14-16H2,1-5H3;6-9,13-14H,4-5,10-12H2,1-3H3,(H2,19,20,21). The number of phosphoric acid groups is 2. The molecule has 0 aromatic heterocycles. The molecule has 0 aliphatic carbocycles. The highest BCUT2D eigenvalue weighted by Gasteiger charge is 2.25. The van der Waals surface area contributed by atoms with Gasteiger partial charge >= 0.3 is 27.6 Å². The van der Waals surface area contributed by atoms with E-state index < -0.39 is 15.6 Å². The molecule has 2 N–H and O–H groups in total. The van der Waals surface area contributed by atoms with E-state index in [1.807, 2.05) is 43.3 Å². The highest BCUT2D eigenvalue weighted by Crippen LogP contribution is 2.49. The maximum atomic E-state index is 12.2. The zero-order valence-corrected chi connectivity index (χ0v) is 34.1. The van der Waals surface area contributed by atoms with Gasteiger partial charge in [0.1, 0.15) is 0 Å². The zero-order chi connectivity index (χ0) is 39.2. The Morgan fingerprint density at radius 2 is 0.904 bits per heavy atom. The van der Waals surface area contributed by atoms with Crippen molar-refractivity contribution < 1.29 is 56.1 Å². The third-order valence-electron chi connectivity index (χ3n) is 7.60. The van der Waals surface area contributed by atoms with Crippen molar-refractivity contribution in [2.45, 2.75) is 106 Å². The molecule has 0 saturated heterocycles. The van der Waals surface area contributed by atoms with E-state index in [1.54, 1.807) is 20.8 Å². The van der Waals surface area contributed by atoms with Gasteiger partial charge in [0.05, 0.1) is 51.5 Å². The molecule has 0 amide bonds. The molecular formula is C38H62O12P2. The molecule has 2 atom stereocenters. The number of esters is 2. The van der Waals surface area contributed by atoms with E-state index in [0.29, 0.717) is 44.1 Å². The number of unbranched alkanes of at least 4 members (excludes halogenated alkanes) is 2. The summed E-state index contributed by atoms with van der Waals surface area (Å²) in [5.41, 5.74) is 4.39. The summed E-state index contributed by atoms with van der Waals surface area (Å²) in [6.07, 6.45) is 4.15. The van der Waals surface area contributed by atoms with Gasteiger partial charge in [0.25, 0.3) is 0 Å². The monoisotopic (exact) mass is 772 g/mol. The number of ether oxygens (including phenoxy) is 2. The number of hydrogen-bond donors (Lipinski definition) is 2. The van der Waals surface area contributed by atoms with Crippen LogP contribution in [0.25, 0.3) is 0 Å². The van der Waals surface area contributed by atoms with Crippen molar-refractivity contribution in [2.75, 3.05) is 39.6 Å². The van der Waals surface area contributed by atoms with Gasteiger partial charge in [0.2, 0.25) is 0 Å². The topological polar surface area (TPSA) is 164 Å². The molecule has 0 heterocycles. The van der Waals surface area contributed by atoms with Crippen molar-refractivity contribution in [1.82, 2.24) is 0 Å². The minimum atomic E-state index is -4.41. The van der Waals surface area contributed by atoms with Crippen LogP contribution in [0.4, 0.5) is 0 Å². The first kappa shape index (κ1) is 47.6. The number of carbonyl (C=O) groups excluding carboxylic acids is 2. The predicted octanol–water partition coefficient (Wildman–Crippen LogP) is 8.93. The third kappa shape index (κ3) is 21.3. The maximum absolute atomic E-state index is 12.2. The Kier molecular flexibility index (Phi) is 23.4. The Balaban J connectivity index is 0.000000526. The van der Waals surface area contributed by atoms with Gasteiger partial charge in [-0.2, -0.15) is 0 Å². The average Bonchev–Trinajstić information content (AvgIpc) is 3.07. The van der Waals surface area contributed by atoms with Crippen LogP contribution in [0.1, 0.15) is 115 Å². The number of benzene rings is 2. The van der Waals surface area contributed by atoms with Crippen molar-refractivity contribution in [3.63, 3.8) is 0 Å². The van der Waals surface area contributed by atoms with Gasteiger partial charge in [0, 0.05) is 0 Å². The van der Waals surface area contributed by atoms with Crippen LogP contribution in [0.5, 0.6) is 0 Å². The Bertz CT molecular complexity index is 1360. The highest BCUT2D eigenvalue weighted by atomic mass is 31.2. The second-order valence-electron chi connectivity index (χ2n) is 13.3. The first-order chi connectivity index (χ1) is 24.5. The summed E-state index contributed by atoms with van der Waals surface area (Å²) in [6.45, 7) is 17.0. The van der Waals surface area contributed by atoms with Crippen LogP contribution in [0, 0.1) is 11.8 Å². The number of phosphoric ester groups is 2. The molecule has 0 aliphatic rings. The van der Waals surface area contributed by atoms with Crippen molar-refractivity contribution in [1.29, 1.82) is 0 Å². The smallest absolute Gasteiger partial charge is 0.465 e. The van der Waals surface area contributed by atoms with Crippen LogP contribution in [0.3, 0.4) is 0 Å². The molecule has 0 bridgehead atoms. The average molecular weight is 773 g/mol. The Morgan fingerprint density at radius 3 is 1.23 bits per heavy atom. The first-order valence-electron chi connectivity index (χ1n) is 18.2. The number of hydrogen-bond acceptors (Lipinski definition) is 10. The molecule has 0 spiro atoms. The minimum Gasteiger partial charge on any atom is -0.465 e. The first-order valence-corrected chi connectivity index (χ1v) is 21.2. The molecule has 296 valence electrons. The summed E-state index contributed by atoms with van der Waals surface area (Å²) in [7, 11) is -7.87. The Labute approximate surface area is 311 Å². The SMILES string of the molecule is CC(C)Cc1ccc(C(C)C(=O)OCCCCOP(=O)(O)O)cc1.CCOP(=O)(OCC)OCCCCOC(=O)C(C)c1ccc(CC(C)C)cc1. The lowest BCUT2D eigenvalue weighted by Gasteiger charge is -2.16. The van der Waals surface area contributed by atoms with Gasteiger partial charge in [-0.1, -0.05) is 76.2 Å². The van der Waals surface area contributed by atoms with Gasteiger partial charge in [-0.3, -0.25) is 27.7 Å². The fraction of sp³-hybridized carbons (Fsp3) is 0.632. The molecule has 0 radical (unpaired) electrons. The molecule has 0 saturated carbocycles. The Morgan fingerprint density at radius 1 is 0.558 bits per heavy atom. The van der Waals surface area contributed by atoms with E-state index in [2.05, 4.69) is 44.4 Å². The number of rotatable bonds is 24. The molecule has 2 unspecified atom stereocenters. The summed E-state index contributed by atoms with van der Waals surface area (Å²) >= 11 is 0. The van der Waals surface area contributed by atoms with Gasteiger partial charge in [-0.05, 0) is 100 Å². The second kappa shape index (κ2) is 25.6. The molecule has 14 heteroatoms. The van der Waals surface area contributed by atoms with E-state index in [1.165, 1.54) is 11.1 Å². The lowest BCUT2D eigenvalue weighted by atomic mass is 9.97. The van der Waals surface area contributed by atoms with Gasteiger partial charge < -0.3 is 19.3 Å². The van der Waals surface area contributed by atoms with E-state index in [4.69, 9.17) is 32.8 Å². The predicted molar refractivity (Wildman–Crippen MR) is 202 cm³/mol. The van der Waals surface area contributed by atoms with Gasteiger partial charge in [-0.15, -0.1) is 0 Å². The normalized spacial score (nSPS) is 13.0. The van der Waals surface area contributed by atoms with Crippen LogP contribution >= 0.6 is 15.6 Å². The largest absolute Gasteiger partial charge is 0.474 e. The molecular weight excluding hydrogens is 710 g/mol. The van der Waals surface area contributed by atoms with Crippen LogP contribution in [0.15, 0.2) is 48.5 Å². The molecule has 52 heavy (non-hydrogen) atoms. The van der Waals surface area contributed by atoms with Crippen molar-refractivity contribution in [3.8, 4) is 0 Å². The minimum absolute atomic E-state index is 0.0608. The van der Waals surface area contributed by atoms with Crippen LogP contribution in [-0.4, -0.2) is 61.4 Å². The third-order valence-corrected chi connectivity index (χ3v) is 9.77. The summed E-state index contributed by atoms with van der Waals surface area (Å²) in [5, 5.41) is 0. The maximum Gasteiger partial charge on any atom is 0.474 e. The highest BCUT2D eigenvalue weighted by molar-refractivity contribution is 7.48. The molecule has 0 aliphatic heterocycles. The molecule has 2 aromatic rings. The van der Waals surface area contributed by atoms with Crippen molar-refractivity contribution in [3.05, 3.63) is 70.8 Å². The summed E-state index contributed by atoms with van der Waals surface area (Å²) in [4.78, 5) is 41.3. The van der Waals surface area contributed by atoms with E-state index >= 15 is 0 Å². The van der Waals surface area contributed by atoms with Crippen LogP contribution in [0.2, 0.25) is 0 Å². The zero-order valence-electron chi connectivity index (χ0n) is 32.3. The van der Waals surface area contributed by atoms with Crippen LogP contribution < -0.4 is 0 Å². The summed E-state index contributed by atoms with van der Waals surface area (Å²) in [5.74, 6) is 0.000242. The lowest BCUT2D eigenvalue weighted by Crippen LogP contribution is -2.14. The molecule has 2 aromatic carbocycles. The fourth-order valence-electron chi connectivity index (χ4n) is 4.89. The molecule has 0 fully saturated rings. The fourth-order valence-corrected chi connectivity index (χ4v) is 6.47. The summed E-state index contributed by atoms with van der Waals surface area (Å²) in [6, 6.07) is 16.1. The van der Waals surface area contributed by atoms with Gasteiger partial charge in [-0.25, -0.2) is 9.13 Å². The second-order valence-corrected chi connectivity index (χ2v) is 16.2. The van der Waals surface area contributed by atoms with Crippen molar-refractivity contribution in [2.24, 2.45) is 11.8 Å². The van der Waals surface area contributed by atoms with Crippen LogP contribution in [-0.2, 0) is 59.1 Å². The van der Waals surface area contributed by atoms with E-state index in [-0.39, 0.29) is 56.8 Å². The van der Waals surface area contributed by atoms with Gasteiger partial charge in [0.15, 0.2) is 0 Å². The number of carbonyl (C=O) groups is 2. The van der Waals surface area contributed by atoms with E-state index in [9.17, 15) is 18.7 Å². The summed E-state index contributed by atoms with van der Waals surface area (Å²) < 4.78 is 52.8. The lowest BCUT2D eigenvalue weighted by molar-refractivity contribution is -0.146. The Hall–Kier alpha value is -2.40.